The Morgan fingerprint density at radius 3 is 2.35 bits per heavy atom. The second-order valence-electron chi connectivity index (χ2n) is 4.63. The maximum Gasteiger partial charge on any atom is 0.255 e. The third-order valence-corrected chi connectivity index (χ3v) is 3.91. The van der Waals surface area contributed by atoms with Gasteiger partial charge in [-0.2, -0.15) is 0 Å². The SMILES string of the molecule is CCN(CC)CCCN(CC)C(=O)c1ccc(Br)nc1. The number of hydrogen-bond donors (Lipinski definition) is 0. The minimum Gasteiger partial charge on any atom is -0.339 e. The molecule has 0 aliphatic rings. The van der Waals surface area contributed by atoms with E-state index >= 15 is 0 Å². The molecule has 0 aliphatic heterocycles. The van der Waals surface area contributed by atoms with Gasteiger partial charge in [-0.1, -0.05) is 13.8 Å². The lowest BCUT2D eigenvalue weighted by atomic mass is 10.2. The van der Waals surface area contributed by atoms with E-state index in [0.29, 0.717) is 5.56 Å². The summed E-state index contributed by atoms with van der Waals surface area (Å²) in [6, 6.07) is 3.61. The van der Waals surface area contributed by atoms with E-state index in [-0.39, 0.29) is 5.91 Å². The van der Waals surface area contributed by atoms with E-state index in [1.54, 1.807) is 12.3 Å². The van der Waals surface area contributed by atoms with Gasteiger partial charge in [0.05, 0.1) is 5.56 Å². The number of pyridine rings is 1. The highest BCUT2D eigenvalue weighted by molar-refractivity contribution is 9.10. The molecule has 20 heavy (non-hydrogen) atoms. The van der Waals surface area contributed by atoms with Gasteiger partial charge in [-0.15, -0.1) is 0 Å². The van der Waals surface area contributed by atoms with E-state index in [0.717, 1.165) is 43.7 Å². The molecule has 4 nitrogen and oxygen atoms in total. The van der Waals surface area contributed by atoms with Gasteiger partial charge in [0, 0.05) is 19.3 Å². The summed E-state index contributed by atoms with van der Waals surface area (Å²) in [6.45, 7) is 11.0. The van der Waals surface area contributed by atoms with Crippen molar-refractivity contribution in [3.05, 3.63) is 28.5 Å². The number of rotatable bonds is 8. The Morgan fingerprint density at radius 1 is 1.15 bits per heavy atom. The van der Waals surface area contributed by atoms with Crippen LogP contribution in [-0.2, 0) is 0 Å². The molecular formula is C15H24BrN3O. The fourth-order valence-corrected chi connectivity index (χ4v) is 2.35. The van der Waals surface area contributed by atoms with E-state index in [9.17, 15) is 4.79 Å². The monoisotopic (exact) mass is 341 g/mol. The maximum atomic E-state index is 12.4. The Kier molecular flexibility index (Phi) is 7.77. The first-order chi connectivity index (χ1) is 9.62. The summed E-state index contributed by atoms with van der Waals surface area (Å²) < 4.78 is 0.749. The number of halogens is 1. The second-order valence-corrected chi connectivity index (χ2v) is 5.45. The fraction of sp³-hybridized carbons (Fsp3) is 0.600. The van der Waals surface area contributed by atoms with Gasteiger partial charge in [-0.3, -0.25) is 4.79 Å². The summed E-state index contributed by atoms with van der Waals surface area (Å²) in [7, 11) is 0. The molecule has 0 fully saturated rings. The van der Waals surface area contributed by atoms with Gasteiger partial charge in [-0.25, -0.2) is 4.98 Å². The first kappa shape index (κ1) is 17.1. The highest BCUT2D eigenvalue weighted by Gasteiger charge is 2.14. The number of carbonyl (C=O) groups is 1. The van der Waals surface area contributed by atoms with Gasteiger partial charge in [0.25, 0.3) is 5.91 Å². The highest BCUT2D eigenvalue weighted by Crippen LogP contribution is 2.09. The predicted molar refractivity (Wildman–Crippen MR) is 85.9 cm³/mol. The number of hydrogen-bond acceptors (Lipinski definition) is 3. The van der Waals surface area contributed by atoms with Gasteiger partial charge in [-0.05, 0) is 61.0 Å². The molecule has 1 heterocycles. The second kappa shape index (κ2) is 9.08. The number of nitrogens with zero attached hydrogens (tertiary/aromatic N) is 3. The molecule has 1 aromatic rings. The molecule has 0 aliphatic carbocycles. The average molecular weight is 342 g/mol. The maximum absolute atomic E-state index is 12.4. The first-order valence-corrected chi connectivity index (χ1v) is 8.04. The molecule has 5 heteroatoms. The molecular weight excluding hydrogens is 318 g/mol. The van der Waals surface area contributed by atoms with Crippen molar-refractivity contribution in [2.24, 2.45) is 0 Å². The van der Waals surface area contributed by atoms with E-state index in [2.05, 4.69) is 39.7 Å². The number of amides is 1. The summed E-state index contributed by atoms with van der Waals surface area (Å²) in [5.41, 5.74) is 0.651. The van der Waals surface area contributed by atoms with Crippen LogP contribution in [0.15, 0.2) is 22.9 Å². The van der Waals surface area contributed by atoms with Crippen LogP contribution in [0.5, 0.6) is 0 Å². The van der Waals surface area contributed by atoms with Crippen molar-refractivity contribution < 1.29 is 4.79 Å². The Morgan fingerprint density at radius 2 is 1.85 bits per heavy atom. The Labute approximate surface area is 130 Å². The van der Waals surface area contributed by atoms with E-state index in [1.165, 1.54) is 0 Å². The smallest absolute Gasteiger partial charge is 0.255 e. The quantitative estimate of drug-likeness (QED) is 0.682. The van der Waals surface area contributed by atoms with E-state index in [4.69, 9.17) is 0 Å². The molecule has 0 aromatic carbocycles. The van der Waals surface area contributed by atoms with Gasteiger partial charge in [0.15, 0.2) is 0 Å². The summed E-state index contributed by atoms with van der Waals surface area (Å²) in [5, 5.41) is 0. The molecule has 1 amide bonds. The lowest BCUT2D eigenvalue weighted by molar-refractivity contribution is 0.0757. The third kappa shape index (κ3) is 5.21. The number of carbonyl (C=O) groups excluding carboxylic acids is 1. The standard InChI is InChI=1S/C15H24BrN3O/c1-4-18(5-2)10-7-11-19(6-3)15(20)13-8-9-14(16)17-12-13/h8-9,12H,4-7,10-11H2,1-3H3. The zero-order valence-corrected chi connectivity index (χ0v) is 14.2. The molecule has 1 rings (SSSR count). The van der Waals surface area contributed by atoms with Crippen molar-refractivity contribution in [2.75, 3.05) is 32.7 Å². The molecule has 0 unspecified atom stereocenters. The van der Waals surface area contributed by atoms with Crippen LogP contribution in [0.25, 0.3) is 0 Å². The summed E-state index contributed by atoms with van der Waals surface area (Å²) in [5.74, 6) is 0.0621. The minimum absolute atomic E-state index is 0.0621. The molecule has 0 radical (unpaired) electrons. The summed E-state index contributed by atoms with van der Waals surface area (Å²) in [6.07, 6.45) is 2.63. The van der Waals surface area contributed by atoms with Crippen LogP contribution < -0.4 is 0 Å². The van der Waals surface area contributed by atoms with Crippen LogP contribution in [-0.4, -0.2) is 53.4 Å². The van der Waals surface area contributed by atoms with Crippen LogP contribution in [0.4, 0.5) is 0 Å². The fourth-order valence-electron chi connectivity index (χ4n) is 2.11. The number of aromatic nitrogens is 1. The lowest BCUT2D eigenvalue weighted by Gasteiger charge is -2.23. The lowest BCUT2D eigenvalue weighted by Crippen LogP contribution is -2.34. The first-order valence-electron chi connectivity index (χ1n) is 7.25. The van der Waals surface area contributed by atoms with Crippen molar-refractivity contribution >= 4 is 21.8 Å². The van der Waals surface area contributed by atoms with Gasteiger partial charge in [0.2, 0.25) is 0 Å². The summed E-state index contributed by atoms with van der Waals surface area (Å²) >= 11 is 3.28. The molecule has 0 saturated carbocycles. The molecule has 0 spiro atoms. The van der Waals surface area contributed by atoms with Crippen LogP contribution in [0.3, 0.4) is 0 Å². The van der Waals surface area contributed by atoms with Gasteiger partial charge >= 0.3 is 0 Å². The average Bonchev–Trinajstić information content (AvgIpc) is 2.48. The molecule has 0 atom stereocenters. The van der Waals surface area contributed by atoms with Crippen molar-refractivity contribution in [2.45, 2.75) is 27.2 Å². The highest BCUT2D eigenvalue weighted by atomic mass is 79.9. The normalized spacial score (nSPS) is 10.8. The molecule has 1 aromatic heterocycles. The van der Waals surface area contributed by atoms with Gasteiger partial charge in [0.1, 0.15) is 4.60 Å². The van der Waals surface area contributed by atoms with Crippen molar-refractivity contribution in [3.63, 3.8) is 0 Å². The van der Waals surface area contributed by atoms with Crippen LogP contribution in [0.1, 0.15) is 37.6 Å². The van der Waals surface area contributed by atoms with Crippen LogP contribution in [0.2, 0.25) is 0 Å². The predicted octanol–water partition coefficient (Wildman–Crippen LogP) is 3.04. The van der Waals surface area contributed by atoms with E-state index in [1.807, 2.05) is 17.9 Å². The topological polar surface area (TPSA) is 36.4 Å². The van der Waals surface area contributed by atoms with Gasteiger partial charge < -0.3 is 9.80 Å². The van der Waals surface area contributed by atoms with E-state index < -0.39 is 0 Å². The van der Waals surface area contributed by atoms with Crippen molar-refractivity contribution in [1.29, 1.82) is 0 Å². The molecule has 0 N–H and O–H groups in total. The zero-order chi connectivity index (χ0) is 15.0. The van der Waals surface area contributed by atoms with Crippen molar-refractivity contribution in [1.82, 2.24) is 14.8 Å². The Hall–Kier alpha value is -0.940. The Bertz CT molecular complexity index is 404. The van der Waals surface area contributed by atoms with Crippen LogP contribution in [0, 0.1) is 0 Å². The molecule has 112 valence electrons. The Balaban J connectivity index is 2.53. The van der Waals surface area contributed by atoms with Crippen LogP contribution >= 0.6 is 15.9 Å². The third-order valence-electron chi connectivity index (χ3n) is 3.44. The minimum atomic E-state index is 0.0621. The molecule has 0 saturated heterocycles. The summed E-state index contributed by atoms with van der Waals surface area (Å²) in [4.78, 5) is 20.7. The largest absolute Gasteiger partial charge is 0.339 e. The zero-order valence-electron chi connectivity index (χ0n) is 12.6. The van der Waals surface area contributed by atoms with Crippen molar-refractivity contribution in [3.8, 4) is 0 Å². The molecule has 0 bridgehead atoms.